The molecule has 96 valence electrons. The van der Waals surface area contributed by atoms with E-state index in [0.717, 1.165) is 18.3 Å². The smallest absolute Gasteiger partial charge is 0.191 e. The largest absolute Gasteiger partial charge is 0.354 e. The molecule has 16 heavy (non-hydrogen) atoms. The van der Waals surface area contributed by atoms with Gasteiger partial charge in [-0.15, -0.1) is 24.0 Å². The fourth-order valence-electron chi connectivity index (χ4n) is 1.80. The Kier molecular flexibility index (Phi) is 8.14. The van der Waals surface area contributed by atoms with Gasteiger partial charge in [-0.25, -0.2) is 0 Å². The van der Waals surface area contributed by atoms with Crippen molar-refractivity contribution >= 4 is 29.9 Å². The average molecular weight is 339 g/mol. The molecule has 1 aliphatic rings. The van der Waals surface area contributed by atoms with E-state index in [4.69, 9.17) is 0 Å². The number of hydrogen-bond acceptors (Lipinski definition) is 1. The van der Waals surface area contributed by atoms with Crippen LogP contribution in [-0.2, 0) is 0 Å². The summed E-state index contributed by atoms with van der Waals surface area (Å²) in [4.78, 5) is 4.25. The van der Waals surface area contributed by atoms with Crippen molar-refractivity contribution in [1.82, 2.24) is 10.6 Å². The summed E-state index contributed by atoms with van der Waals surface area (Å²) in [7, 11) is 1.84. The van der Waals surface area contributed by atoms with Gasteiger partial charge in [0.2, 0.25) is 0 Å². The number of guanidine groups is 1. The van der Waals surface area contributed by atoms with E-state index < -0.39 is 0 Å². The predicted octanol–water partition coefficient (Wildman–Crippen LogP) is 2.76. The molecule has 3 nitrogen and oxygen atoms in total. The molecular formula is C12H26IN3. The topological polar surface area (TPSA) is 36.4 Å². The van der Waals surface area contributed by atoms with Crippen LogP contribution in [-0.4, -0.2) is 25.1 Å². The molecule has 1 saturated carbocycles. The molecule has 0 aromatic rings. The summed E-state index contributed by atoms with van der Waals surface area (Å²) < 4.78 is 0. The van der Waals surface area contributed by atoms with E-state index in [1.807, 2.05) is 7.05 Å². The monoisotopic (exact) mass is 339 g/mol. The standard InChI is InChI=1S/C12H25N3.HI/c1-5-7-10-8-11(10)15-12(13-4)14-9(3)6-2;/h9-11H,5-8H2,1-4H3,(H2,13,14,15);1H. The van der Waals surface area contributed by atoms with Gasteiger partial charge in [-0.1, -0.05) is 20.3 Å². The van der Waals surface area contributed by atoms with Gasteiger partial charge in [-0.2, -0.15) is 0 Å². The molecule has 2 N–H and O–H groups in total. The third-order valence-electron chi connectivity index (χ3n) is 3.12. The minimum atomic E-state index is 0. The summed E-state index contributed by atoms with van der Waals surface area (Å²) in [6.07, 6.45) is 5.08. The van der Waals surface area contributed by atoms with Crippen molar-refractivity contribution < 1.29 is 0 Å². The van der Waals surface area contributed by atoms with Crippen LogP contribution in [0.2, 0.25) is 0 Å². The second-order valence-electron chi connectivity index (χ2n) is 4.56. The van der Waals surface area contributed by atoms with Crippen molar-refractivity contribution in [2.24, 2.45) is 10.9 Å². The third-order valence-corrected chi connectivity index (χ3v) is 3.12. The van der Waals surface area contributed by atoms with Gasteiger partial charge >= 0.3 is 0 Å². The maximum Gasteiger partial charge on any atom is 0.191 e. The summed E-state index contributed by atoms with van der Waals surface area (Å²) in [5.41, 5.74) is 0. The Morgan fingerprint density at radius 3 is 2.62 bits per heavy atom. The SMILES string of the molecule is CCCC1CC1NC(=NC)NC(C)CC.I. The quantitative estimate of drug-likeness (QED) is 0.459. The lowest BCUT2D eigenvalue weighted by Crippen LogP contribution is -2.43. The zero-order chi connectivity index (χ0) is 11.3. The van der Waals surface area contributed by atoms with E-state index in [2.05, 4.69) is 36.4 Å². The first-order valence-corrected chi connectivity index (χ1v) is 6.21. The predicted molar refractivity (Wildman–Crippen MR) is 81.6 cm³/mol. The zero-order valence-electron chi connectivity index (χ0n) is 10.9. The van der Waals surface area contributed by atoms with Gasteiger partial charge in [0.25, 0.3) is 0 Å². The van der Waals surface area contributed by atoms with E-state index in [-0.39, 0.29) is 24.0 Å². The van der Waals surface area contributed by atoms with Crippen LogP contribution in [0.3, 0.4) is 0 Å². The molecule has 0 aromatic heterocycles. The Morgan fingerprint density at radius 1 is 1.44 bits per heavy atom. The Bertz CT molecular complexity index is 218. The zero-order valence-corrected chi connectivity index (χ0v) is 13.2. The molecule has 1 aliphatic carbocycles. The summed E-state index contributed by atoms with van der Waals surface area (Å²) in [6, 6.07) is 1.17. The van der Waals surface area contributed by atoms with Crippen molar-refractivity contribution in [3.63, 3.8) is 0 Å². The Labute approximate surface area is 117 Å². The molecule has 0 radical (unpaired) electrons. The van der Waals surface area contributed by atoms with E-state index in [0.29, 0.717) is 12.1 Å². The van der Waals surface area contributed by atoms with Crippen molar-refractivity contribution in [3.05, 3.63) is 0 Å². The molecule has 3 atom stereocenters. The van der Waals surface area contributed by atoms with E-state index in [1.165, 1.54) is 19.3 Å². The summed E-state index contributed by atoms with van der Waals surface area (Å²) >= 11 is 0. The maximum atomic E-state index is 4.25. The summed E-state index contributed by atoms with van der Waals surface area (Å²) in [5, 5.41) is 6.87. The number of aliphatic imine (C=N–C) groups is 1. The molecule has 0 aliphatic heterocycles. The second kappa shape index (κ2) is 8.14. The Morgan fingerprint density at radius 2 is 2.12 bits per heavy atom. The van der Waals surface area contributed by atoms with E-state index >= 15 is 0 Å². The molecular weight excluding hydrogens is 313 g/mol. The molecule has 0 aromatic carbocycles. The molecule has 1 rings (SSSR count). The van der Waals surface area contributed by atoms with Crippen LogP contribution < -0.4 is 10.6 Å². The van der Waals surface area contributed by atoms with Crippen molar-refractivity contribution in [2.75, 3.05) is 7.05 Å². The normalized spacial score (nSPS) is 25.6. The van der Waals surface area contributed by atoms with Gasteiger partial charge in [0.05, 0.1) is 0 Å². The minimum absolute atomic E-state index is 0. The molecule has 4 heteroatoms. The maximum absolute atomic E-state index is 4.25. The number of nitrogens with zero attached hydrogens (tertiary/aromatic N) is 1. The highest BCUT2D eigenvalue weighted by Crippen LogP contribution is 2.34. The molecule has 0 heterocycles. The first kappa shape index (κ1) is 16.0. The molecule has 0 saturated heterocycles. The lowest BCUT2D eigenvalue weighted by Gasteiger charge is -2.16. The number of nitrogens with one attached hydrogen (secondary N) is 2. The summed E-state index contributed by atoms with van der Waals surface area (Å²) in [5.74, 6) is 1.85. The van der Waals surface area contributed by atoms with E-state index in [9.17, 15) is 0 Å². The Hall–Kier alpha value is 0. The number of rotatable bonds is 5. The molecule has 0 spiro atoms. The van der Waals surface area contributed by atoms with Crippen molar-refractivity contribution in [1.29, 1.82) is 0 Å². The van der Waals surface area contributed by atoms with Crippen molar-refractivity contribution in [3.8, 4) is 0 Å². The second-order valence-corrected chi connectivity index (χ2v) is 4.56. The highest BCUT2D eigenvalue weighted by Gasteiger charge is 2.36. The number of hydrogen-bond donors (Lipinski definition) is 2. The highest BCUT2D eigenvalue weighted by molar-refractivity contribution is 14.0. The molecule has 1 fully saturated rings. The first-order valence-electron chi connectivity index (χ1n) is 6.21. The average Bonchev–Trinajstić information content (AvgIpc) is 2.96. The first-order chi connectivity index (χ1) is 7.21. The summed E-state index contributed by atoms with van der Waals surface area (Å²) in [6.45, 7) is 6.62. The van der Waals surface area contributed by atoms with Crippen LogP contribution in [0.25, 0.3) is 0 Å². The van der Waals surface area contributed by atoms with Gasteiger partial charge in [-0.3, -0.25) is 4.99 Å². The van der Waals surface area contributed by atoms with Crippen LogP contribution >= 0.6 is 24.0 Å². The molecule has 3 unspecified atom stereocenters. The molecule has 0 bridgehead atoms. The van der Waals surface area contributed by atoms with Gasteiger partial charge in [0.15, 0.2) is 5.96 Å². The van der Waals surface area contributed by atoms with Crippen LogP contribution in [0.1, 0.15) is 46.5 Å². The van der Waals surface area contributed by atoms with Crippen molar-refractivity contribution in [2.45, 2.75) is 58.5 Å². The molecule has 0 amide bonds. The Balaban J connectivity index is 0.00000225. The van der Waals surface area contributed by atoms with Crippen LogP contribution in [0.15, 0.2) is 4.99 Å². The minimum Gasteiger partial charge on any atom is -0.354 e. The van der Waals surface area contributed by atoms with Gasteiger partial charge in [0.1, 0.15) is 0 Å². The van der Waals surface area contributed by atoms with E-state index in [1.54, 1.807) is 0 Å². The van der Waals surface area contributed by atoms with Crippen LogP contribution in [0, 0.1) is 5.92 Å². The van der Waals surface area contributed by atoms with Gasteiger partial charge in [0, 0.05) is 19.1 Å². The number of halogens is 1. The van der Waals surface area contributed by atoms with Crippen LogP contribution in [0.5, 0.6) is 0 Å². The highest BCUT2D eigenvalue weighted by atomic mass is 127. The third kappa shape index (κ3) is 5.37. The lowest BCUT2D eigenvalue weighted by atomic mass is 10.2. The fourth-order valence-corrected chi connectivity index (χ4v) is 1.80. The lowest BCUT2D eigenvalue weighted by molar-refractivity contribution is 0.610. The van der Waals surface area contributed by atoms with Gasteiger partial charge in [-0.05, 0) is 32.1 Å². The fraction of sp³-hybridized carbons (Fsp3) is 0.917. The van der Waals surface area contributed by atoms with Crippen LogP contribution in [0.4, 0.5) is 0 Å². The van der Waals surface area contributed by atoms with Gasteiger partial charge < -0.3 is 10.6 Å².